The fourth-order valence-corrected chi connectivity index (χ4v) is 5.44. The van der Waals surface area contributed by atoms with Gasteiger partial charge in [-0.05, 0) is 74.0 Å². The molecule has 2 aliphatic rings. The van der Waals surface area contributed by atoms with Crippen molar-refractivity contribution < 1.29 is 9.57 Å². The first-order chi connectivity index (χ1) is 16.1. The van der Waals surface area contributed by atoms with Gasteiger partial charge in [0.2, 0.25) is 0 Å². The van der Waals surface area contributed by atoms with Crippen LogP contribution in [0.5, 0.6) is 5.75 Å². The number of nitrogens with one attached hydrogen (secondary N) is 1. The number of oxime groups is 1. The number of nitrogens with zero attached hydrogens (tertiary/aromatic N) is 3. The molecule has 1 saturated carbocycles. The molecule has 8 nitrogen and oxygen atoms in total. The first-order valence-electron chi connectivity index (χ1n) is 11.8. The monoisotopic (exact) mass is 452 g/mol. The molecule has 1 aliphatic heterocycles. The molecule has 33 heavy (non-hydrogen) atoms. The topological polar surface area (TPSA) is 110 Å². The Kier molecular flexibility index (Phi) is 7.67. The van der Waals surface area contributed by atoms with Crippen molar-refractivity contribution in [3.05, 3.63) is 42.0 Å². The number of amidine groups is 1. The Bertz CT molecular complexity index is 1000. The number of hydrazine groups is 1. The Labute approximate surface area is 195 Å². The van der Waals surface area contributed by atoms with Crippen LogP contribution >= 0.6 is 0 Å². The number of rotatable bonds is 7. The van der Waals surface area contributed by atoms with Gasteiger partial charge in [-0.2, -0.15) is 5.10 Å². The molecule has 1 aliphatic carbocycles. The lowest BCUT2D eigenvalue weighted by molar-refractivity contribution is 0.108. The van der Waals surface area contributed by atoms with Crippen LogP contribution in [0.3, 0.4) is 0 Å². The van der Waals surface area contributed by atoms with Gasteiger partial charge in [0.05, 0.1) is 12.8 Å². The van der Waals surface area contributed by atoms with Crippen molar-refractivity contribution in [1.82, 2.24) is 10.4 Å². The molecule has 0 aromatic heterocycles. The molecule has 1 heterocycles. The zero-order valence-electron chi connectivity index (χ0n) is 19.7. The fraction of sp³-hybridized carbons (Fsp3) is 0.520. The van der Waals surface area contributed by atoms with Crippen molar-refractivity contribution in [2.75, 3.05) is 27.3 Å². The lowest BCUT2D eigenvalue weighted by Gasteiger charge is -2.41. The number of methoxy groups -OCH3 is 1. The van der Waals surface area contributed by atoms with Crippen LogP contribution in [0.25, 0.3) is 10.8 Å². The van der Waals surface area contributed by atoms with Crippen molar-refractivity contribution in [3.63, 3.8) is 0 Å². The number of benzene rings is 2. The average Bonchev–Trinajstić information content (AvgIpc) is 2.87. The summed E-state index contributed by atoms with van der Waals surface area (Å²) in [4.78, 5) is 7.96. The van der Waals surface area contributed by atoms with Gasteiger partial charge in [-0.15, -0.1) is 0 Å². The molecular formula is C25H36N6O2. The normalized spacial score (nSPS) is 25.1. The third-order valence-corrected chi connectivity index (χ3v) is 7.20. The van der Waals surface area contributed by atoms with E-state index in [1.165, 1.54) is 11.8 Å². The van der Waals surface area contributed by atoms with Crippen LogP contribution in [-0.2, 0) is 4.84 Å². The Morgan fingerprint density at radius 2 is 1.76 bits per heavy atom. The number of nitrogens with two attached hydrogens (primary N) is 2. The minimum Gasteiger partial charge on any atom is -0.497 e. The molecule has 2 aromatic carbocycles. The van der Waals surface area contributed by atoms with Crippen LogP contribution in [0.4, 0.5) is 0 Å². The summed E-state index contributed by atoms with van der Waals surface area (Å²) in [6, 6.07) is 13.2. The van der Waals surface area contributed by atoms with Crippen molar-refractivity contribution in [3.8, 4) is 5.75 Å². The summed E-state index contributed by atoms with van der Waals surface area (Å²) >= 11 is 0. The summed E-state index contributed by atoms with van der Waals surface area (Å²) in [5.74, 6) is 7.44. The molecule has 1 unspecified atom stereocenters. The van der Waals surface area contributed by atoms with Gasteiger partial charge in [0.25, 0.3) is 0 Å². The van der Waals surface area contributed by atoms with E-state index in [1.807, 2.05) is 6.07 Å². The average molecular weight is 453 g/mol. The second-order valence-corrected chi connectivity index (χ2v) is 9.09. The van der Waals surface area contributed by atoms with E-state index in [2.05, 4.69) is 51.0 Å². The van der Waals surface area contributed by atoms with Gasteiger partial charge in [0, 0.05) is 30.0 Å². The largest absolute Gasteiger partial charge is 0.497 e. The Balaban J connectivity index is 1.47. The minimum absolute atomic E-state index is 0.319. The van der Waals surface area contributed by atoms with Gasteiger partial charge in [-0.3, -0.25) is 4.90 Å². The summed E-state index contributed by atoms with van der Waals surface area (Å²) in [5, 5.41) is 10.8. The molecule has 0 radical (unpaired) electrons. The summed E-state index contributed by atoms with van der Waals surface area (Å²) in [6.07, 6.45) is 6.65. The maximum Gasteiger partial charge on any atom is 0.124 e. The molecule has 1 atom stereocenters. The predicted octanol–water partition coefficient (Wildman–Crippen LogP) is 3.21. The quantitative estimate of drug-likeness (QED) is 0.258. The smallest absolute Gasteiger partial charge is 0.124 e. The van der Waals surface area contributed by atoms with Crippen LogP contribution < -0.4 is 21.8 Å². The van der Waals surface area contributed by atoms with Gasteiger partial charge in [-0.25, -0.2) is 11.4 Å². The number of likely N-dealkylation sites (tertiary alicyclic amines) is 1. The highest BCUT2D eigenvalue weighted by atomic mass is 16.6. The number of fused-ring (bicyclic) bond motifs is 1. The fourth-order valence-electron chi connectivity index (χ4n) is 5.44. The summed E-state index contributed by atoms with van der Waals surface area (Å²) in [7, 11) is 3.33. The molecule has 2 aromatic rings. The van der Waals surface area contributed by atoms with E-state index in [-0.39, 0.29) is 0 Å². The zero-order chi connectivity index (χ0) is 23.2. The maximum absolute atomic E-state index is 6.06. The lowest BCUT2D eigenvalue weighted by atomic mass is 9.82. The molecule has 0 bridgehead atoms. The highest BCUT2D eigenvalue weighted by Gasteiger charge is 2.33. The van der Waals surface area contributed by atoms with Crippen LogP contribution in [0.1, 0.15) is 44.1 Å². The van der Waals surface area contributed by atoms with E-state index in [0.717, 1.165) is 67.6 Å². The van der Waals surface area contributed by atoms with Crippen LogP contribution in [0, 0.1) is 11.8 Å². The SMILES string of the molecule is CO/N=C(/c1ccc2cc(OC)ccc2c1)C1CCCN(C2CCC(/C(N)=N/NN)CC2)C1. The third-order valence-electron chi connectivity index (χ3n) is 7.20. The number of hydrogen-bond acceptors (Lipinski definition) is 7. The van der Waals surface area contributed by atoms with Gasteiger partial charge in [0.1, 0.15) is 18.7 Å². The molecule has 178 valence electrons. The highest BCUT2D eigenvalue weighted by Crippen LogP contribution is 2.32. The Hall–Kier alpha value is -2.84. The molecular weight excluding hydrogens is 416 g/mol. The number of piperidine rings is 1. The van der Waals surface area contributed by atoms with Gasteiger partial charge in [0.15, 0.2) is 0 Å². The molecule has 0 amide bonds. The van der Waals surface area contributed by atoms with E-state index >= 15 is 0 Å². The molecule has 8 heteroatoms. The summed E-state index contributed by atoms with van der Waals surface area (Å²) < 4.78 is 5.36. The molecule has 5 N–H and O–H groups in total. The van der Waals surface area contributed by atoms with E-state index in [4.69, 9.17) is 21.2 Å². The van der Waals surface area contributed by atoms with Gasteiger partial charge < -0.3 is 15.3 Å². The van der Waals surface area contributed by atoms with Crippen LogP contribution in [0.15, 0.2) is 46.7 Å². The number of hydrazone groups is 1. The number of hydrogen-bond donors (Lipinski definition) is 3. The van der Waals surface area contributed by atoms with E-state index < -0.39 is 0 Å². The van der Waals surface area contributed by atoms with E-state index in [9.17, 15) is 0 Å². The van der Waals surface area contributed by atoms with Gasteiger partial charge >= 0.3 is 0 Å². The highest BCUT2D eigenvalue weighted by molar-refractivity contribution is 6.05. The summed E-state index contributed by atoms with van der Waals surface area (Å²) in [6.45, 7) is 2.14. The zero-order valence-corrected chi connectivity index (χ0v) is 19.7. The van der Waals surface area contributed by atoms with Crippen LogP contribution in [0.2, 0.25) is 0 Å². The van der Waals surface area contributed by atoms with E-state index in [1.54, 1.807) is 14.2 Å². The molecule has 2 fully saturated rings. The first kappa shape index (κ1) is 23.3. The number of ether oxygens (including phenoxy) is 1. The Morgan fingerprint density at radius 3 is 2.48 bits per heavy atom. The second kappa shape index (κ2) is 10.9. The predicted molar refractivity (Wildman–Crippen MR) is 133 cm³/mol. The maximum atomic E-state index is 6.06. The van der Waals surface area contributed by atoms with Gasteiger partial charge in [-0.1, -0.05) is 23.4 Å². The second-order valence-electron chi connectivity index (χ2n) is 9.09. The molecule has 0 spiro atoms. The van der Waals surface area contributed by atoms with Crippen molar-refractivity contribution in [2.24, 2.45) is 33.7 Å². The molecule has 1 saturated heterocycles. The van der Waals surface area contributed by atoms with Crippen molar-refractivity contribution in [1.29, 1.82) is 0 Å². The van der Waals surface area contributed by atoms with Crippen molar-refractivity contribution in [2.45, 2.75) is 44.6 Å². The Morgan fingerprint density at radius 1 is 1.00 bits per heavy atom. The van der Waals surface area contributed by atoms with E-state index in [0.29, 0.717) is 23.7 Å². The molecule has 4 rings (SSSR count). The van der Waals surface area contributed by atoms with Crippen molar-refractivity contribution >= 4 is 22.3 Å². The standard InChI is InChI=1S/C25H36N6O2/c1-32-23-12-9-18-14-20(6-5-19(18)15-23)24(29-33-2)21-4-3-13-31(16-21)22-10-7-17(8-11-22)25(26)28-30-27/h5-6,9,12,14-15,17,21-22,30H,3-4,7-8,10-11,13,16,27H2,1-2H3,(H2,26,28)/b29-24-. The first-order valence-corrected chi connectivity index (χ1v) is 11.8. The minimum atomic E-state index is 0.319. The summed E-state index contributed by atoms with van der Waals surface area (Å²) in [5.41, 5.74) is 10.5. The lowest BCUT2D eigenvalue weighted by Crippen LogP contribution is -2.47. The van der Waals surface area contributed by atoms with Crippen LogP contribution in [-0.4, -0.2) is 49.8 Å². The third kappa shape index (κ3) is 5.39.